The summed E-state index contributed by atoms with van der Waals surface area (Å²) in [6.07, 6.45) is 0. The lowest BCUT2D eigenvalue weighted by Gasteiger charge is -2.19. The monoisotopic (exact) mass is 252 g/mol. The van der Waals surface area contributed by atoms with Crippen LogP contribution in [0, 0.1) is 0 Å². The number of rotatable bonds is 9. The molecule has 0 fully saturated rings. The van der Waals surface area contributed by atoms with Crippen LogP contribution in [0.4, 0.5) is 0 Å². The maximum Gasteiger partial charge on any atom is 0.102 e. The minimum Gasteiger partial charge on any atom is -0.381 e. The number of aliphatic hydroxyl groups excluding tert-OH is 1. The molecule has 0 heterocycles. The number of aliphatic hydroxyl groups is 1. The van der Waals surface area contributed by atoms with Crippen molar-refractivity contribution >= 4 is 0 Å². The van der Waals surface area contributed by atoms with Gasteiger partial charge in [-0.15, -0.1) is 0 Å². The van der Waals surface area contributed by atoms with E-state index in [-0.39, 0.29) is 6.73 Å². The van der Waals surface area contributed by atoms with E-state index in [4.69, 9.17) is 14.6 Å². The summed E-state index contributed by atoms with van der Waals surface area (Å²) in [4.78, 5) is 3.55. The summed E-state index contributed by atoms with van der Waals surface area (Å²) < 4.78 is 10.5. The molecular weight excluding hydrogens is 224 g/mol. The minimum absolute atomic E-state index is 0.0000308. The topological polar surface area (TPSA) is 69.2 Å². The van der Waals surface area contributed by atoms with Gasteiger partial charge in [0.2, 0.25) is 0 Å². The Bertz CT molecular complexity index is 141. The first kappa shape index (κ1) is 19.1. The van der Waals surface area contributed by atoms with Crippen LogP contribution in [0.25, 0.3) is 0 Å². The molecule has 0 aromatic rings. The van der Waals surface area contributed by atoms with Crippen molar-refractivity contribution in [2.24, 2.45) is 0 Å². The normalized spacial score (nSPS) is 10.6. The molecule has 0 radical (unpaired) electrons. The van der Waals surface area contributed by atoms with Crippen LogP contribution in [-0.4, -0.2) is 83.8 Å². The first-order valence-corrected chi connectivity index (χ1v) is 5.48. The van der Waals surface area contributed by atoms with Gasteiger partial charge in [0.05, 0.1) is 13.5 Å². The molecule has 0 bridgehead atoms. The molecular formula is C10H28N4O3. The first-order valence-electron chi connectivity index (χ1n) is 5.48. The molecule has 0 rings (SSSR count). The van der Waals surface area contributed by atoms with Crippen molar-refractivity contribution in [2.45, 2.75) is 0 Å². The van der Waals surface area contributed by atoms with E-state index in [2.05, 4.69) is 10.6 Å². The van der Waals surface area contributed by atoms with Crippen LogP contribution in [0.3, 0.4) is 0 Å². The van der Waals surface area contributed by atoms with Gasteiger partial charge in [-0.1, -0.05) is 0 Å². The highest BCUT2D eigenvalue weighted by Crippen LogP contribution is 1.87. The Morgan fingerprint density at radius 3 is 1.88 bits per heavy atom. The average Bonchev–Trinajstić information content (AvgIpc) is 2.30. The summed E-state index contributed by atoms with van der Waals surface area (Å²) in [5, 5.41) is 14.3. The highest BCUT2D eigenvalue weighted by molar-refractivity contribution is 4.35. The first-order chi connectivity index (χ1) is 8.12. The highest BCUT2D eigenvalue weighted by Gasteiger charge is 1.99. The van der Waals surface area contributed by atoms with Gasteiger partial charge in [0.25, 0.3) is 0 Å². The van der Waals surface area contributed by atoms with Gasteiger partial charge < -0.3 is 19.9 Å². The molecule has 0 amide bonds. The quantitative estimate of drug-likeness (QED) is 0.349. The third kappa shape index (κ3) is 18.3. The zero-order valence-electron chi connectivity index (χ0n) is 11.7. The Morgan fingerprint density at radius 1 is 0.941 bits per heavy atom. The van der Waals surface area contributed by atoms with Gasteiger partial charge in [-0.05, 0) is 35.2 Å². The lowest BCUT2D eigenvalue weighted by molar-refractivity contribution is -0.0711. The molecule has 3 N–H and O–H groups in total. The lowest BCUT2D eigenvalue weighted by atomic mass is 10.8. The van der Waals surface area contributed by atoms with Crippen molar-refractivity contribution in [1.82, 2.24) is 20.4 Å². The smallest absolute Gasteiger partial charge is 0.102 e. The molecule has 0 spiro atoms. The molecule has 0 atom stereocenters. The second-order valence-corrected chi connectivity index (χ2v) is 3.65. The van der Waals surface area contributed by atoms with Crippen LogP contribution in [0.1, 0.15) is 0 Å². The van der Waals surface area contributed by atoms with Gasteiger partial charge >= 0.3 is 0 Å². The number of nitrogens with zero attached hydrogens (tertiary/aromatic N) is 2. The highest BCUT2D eigenvalue weighted by atomic mass is 16.5. The van der Waals surface area contributed by atoms with Crippen LogP contribution >= 0.6 is 0 Å². The fraction of sp³-hybridized carbons (Fsp3) is 1.00. The zero-order valence-corrected chi connectivity index (χ0v) is 11.7. The van der Waals surface area contributed by atoms with E-state index in [9.17, 15) is 0 Å². The van der Waals surface area contributed by atoms with Crippen LogP contribution < -0.4 is 10.6 Å². The molecule has 7 heteroatoms. The third-order valence-corrected chi connectivity index (χ3v) is 1.42. The summed E-state index contributed by atoms with van der Waals surface area (Å²) >= 11 is 0. The fourth-order valence-corrected chi connectivity index (χ4v) is 0.734. The maximum atomic E-state index is 8.67. The van der Waals surface area contributed by atoms with Gasteiger partial charge in [-0.3, -0.25) is 15.1 Å². The molecule has 7 nitrogen and oxygen atoms in total. The number of ether oxygens (including phenoxy) is 2. The summed E-state index contributed by atoms with van der Waals surface area (Å²) in [7, 11) is 9.25. The second-order valence-electron chi connectivity index (χ2n) is 3.65. The predicted octanol–water partition coefficient (Wildman–Crippen LogP) is -1.28. The minimum atomic E-state index is -0.0000308. The van der Waals surface area contributed by atoms with E-state index >= 15 is 0 Å². The molecule has 106 valence electrons. The maximum absolute atomic E-state index is 8.67. The van der Waals surface area contributed by atoms with Crippen molar-refractivity contribution in [3.05, 3.63) is 0 Å². The van der Waals surface area contributed by atoms with Crippen molar-refractivity contribution < 1.29 is 14.6 Å². The summed E-state index contributed by atoms with van der Waals surface area (Å²) in [5.41, 5.74) is 0. The van der Waals surface area contributed by atoms with Gasteiger partial charge in [-0.2, -0.15) is 0 Å². The molecule has 0 aliphatic carbocycles. The molecule has 0 aliphatic rings. The van der Waals surface area contributed by atoms with E-state index in [0.29, 0.717) is 26.9 Å². The van der Waals surface area contributed by atoms with E-state index in [0.717, 1.165) is 0 Å². The SMILES string of the molecule is CNC.CNCOCN(C)COCN(C)CO. The Hall–Kier alpha value is -0.280. The Morgan fingerprint density at radius 2 is 1.41 bits per heavy atom. The number of hydrogen-bond donors (Lipinski definition) is 3. The summed E-state index contributed by atoms with van der Waals surface area (Å²) in [6.45, 7) is 1.94. The Balaban J connectivity index is 0. The van der Waals surface area contributed by atoms with E-state index in [1.54, 1.807) is 11.9 Å². The van der Waals surface area contributed by atoms with Crippen LogP contribution in [-0.2, 0) is 9.47 Å². The standard InChI is InChI=1S/C8H21N3O3.C2H7N/c1-9-4-13-7-11(3)8-14-6-10(2)5-12;1-3-2/h9,12H,4-8H2,1-3H3;3H,1-2H3. The molecule has 0 saturated heterocycles. The van der Waals surface area contributed by atoms with Crippen molar-refractivity contribution in [3.63, 3.8) is 0 Å². The van der Waals surface area contributed by atoms with Gasteiger partial charge in [0.15, 0.2) is 0 Å². The van der Waals surface area contributed by atoms with Crippen LogP contribution in [0.2, 0.25) is 0 Å². The zero-order chi connectivity index (χ0) is 13.5. The van der Waals surface area contributed by atoms with Crippen molar-refractivity contribution in [3.8, 4) is 0 Å². The average molecular weight is 252 g/mol. The Labute approximate surface area is 105 Å². The predicted molar refractivity (Wildman–Crippen MR) is 68.3 cm³/mol. The third-order valence-electron chi connectivity index (χ3n) is 1.42. The molecule has 0 saturated carbocycles. The molecule has 17 heavy (non-hydrogen) atoms. The van der Waals surface area contributed by atoms with E-state index in [1.165, 1.54) is 0 Å². The van der Waals surface area contributed by atoms with Crippen molar-refractivity contribution in [2.75, 3.05) is 68.9 Å². The molecule has 0 aromatic heterocycles. The number of hydrogen-bond acceptors (Lipinski definition) is 7. The van der Waals surface area contributed by atoms with E-state index in [1.807, 2.05) is 33.1 Å². The summed E-state index contributed by atoms with van der Waals surface area (Å²) in [5.74, 6) is 0. The van der Waals surface area contributed by atoms with Crippen LogP contribution in [0.5, 0.6) is 0 Å². The molecule has 0 aliphatic heterocycles. The second kappa shape index (κ2) is 15.7. The van der Waals surface area contributed by atoms with Crippen LogP contribution in [0.15, 0.2) is 0 Å². The van der Waals surface area contributed by atoms with Gasteiger partial charge in [-0.25, -0.2) is 0 Å². The van der Waals surface area contributed by atoms with Crippen molar-refractivity contribution in [1.29, 1.82) is 0 Å². The Kier molecular flexibility index (Phi) is 17.6. The van der Waals surface area contributed by atoms with Gasteiger partial charge in [0, 0.05) is 0 Å². The summed E-state index contributed by atoms with van der Waals surface area (Å²) in [6, 6.07) is 0. The fourth-order valence-electron chi connectivity index (χ4n) is 0.734. The lowest BCUT2D eigenvalue weighted by Crippen LogP contribution is -2.30. The molecule has 0 aromatic carbocycles. The largest absolute Gasteiger partial charge is 0.381 e. The number of nitrogens with one attached hydrogen (secondary N) is 2. The van der Waals surface area contributed by atoms with Gasteiger partial charge in [0.1, 0.15) is 20.2 Å². The molecule has 0 unspecified atom stereocenters. The van der Waals surface area contributed by atoms with E-state index < -0.39 is 0 Å².